The first-order valence-electron chi connectivity index (χ1n) is 14.1. The van der Waals surface area contributed by atoms with E-state index in [0.717, 1.165) is 42.2 Å². The van der Waals surface area contributed by atoms with Gasteiger partial charge in [0.05, 0.1) is 29.5 Å². The van der Waals surface area contributed by atoms with Crippen molar-refractivity contribution in [2.24, 2.45) is 5.92 Å². The third-order valence-electron chi connectivity index (χ3n) is 6.88. The summed E-state index contributed by atoms with van der Waals surface area (Å²) in [5.41, 5.74) is 3.31. The molecule has 4 rings (SSSR count). The van der Waals surface area contributed by atoms with Crippen molar-refractivity contribution in [2.75, 3.05) is 26.2 Å². The number of hydrogen-bond acceptors (Lipinski definition) is 7. The number of amides is 1. The van der Waals surface area contributed by atoms with Gasteiger partial charge >= 0.3 is 7.12 Å². The number of ether oxygens (including phenoxy) is 2. The number of carbonyl (C=O) groups excluding carboxylic acids is 1. The first-order chi connectivity index (χ1) is 19.2. The Kier molecular flexibility index (Phi) is 12.2. The third-order valence-corrected chi connectivity index (χ3v) is 6.88. The van der Waals surface area contributed by atoms with E-state index in [1.54, 1.807) is 4.68 Å². The fourth-order valence-corrected chi connectivity index (χ4v) is 5.18. The van der Waals surface area contributed by atoms with Crippen LogP contribution in [0, 0.1) is 5.92 Å². The number of hydrogen-bond donors (Lipinski definition) is 3. The Bertz CT molecular complexity index is 1230. The average molecular weight is 585 g/mol. The molecule has 1 saturated heterocycles. The number of benzene rings is 2. The average Bonchev–Trinajstić information content (AvgIpc) is 3.32. The zero-order valence-corrected chi connectivity index (χ0v) is 25.1. The van der Waals surface area contributed by atoms with Gasteiger partial charge < -0.3 is 24.8 Å². The molecule has 2 unspecified atom stereocenters. The molecule has 41 heavy (non-hydrogen) atoms. The highest BCUT2D eigenvalue weighted by Gasteiger charge is 2.27. The Morgan fingerprint density at radius 3 is 2.41 bits per heavy atom. The zero-order chi connectivity index (χ0) is 28.6. The summed E-state index contributed by atoms with van der Waals surface area (Å²) in [6.45, 7) is 11.3. The van der Waals surface area contributed by atoms with Crippen molar-refractivity contribution in [3.05, 3.63) is 60.7 Å². The Morgan fingerprint density at radius 2 is 1.76 bits per heavy atom. The van der Waals surface area contributed by atoms with Crippen LogP contribution < -0.4 is 10.1 Å². The molecule has 0 bridgehead atoms. The predicted octanol–water partition coefficient (Wildman–Crippen LogP) is 3.67. The van der Waals surface area contributed by atoms with Gasteiger partial charge in [0.25, 0.3) is 0 Å². The fourth-order valence-electron chi connectivity index (χ4n) is 5.18. The van der Waals surface area contributed by atoms with Crippen molar-refractivity contribution < 1.29 is 24.3 Å². The Hall–Kier alpha value is -2.89. The van der Waals surface area contributed by atoms with Gasteiger partial charge in [0.2, 0.25) is 5.91 Å². The van der Waals surface area contributed by atoms with Crippen LogP contribution in [0.4, 0.5) is 0 Å². The molecule has 1 aliphatic rings. The van der Waals surface area contributed by atoms with Crippen molar-refractivity contribution in [3.63, 3.8) is 0 Å². The van der Waals surface area contributed by atoms with Crippen molar-refractivity contribution in [3.8, 4) is 28.3 Å². The van der Waals surface area contributed by atoms with Gasteiger partial charge in [-0.3, -0.25) is 14.4 Å². The van der Waals surface area contributed by atoms with Crippen molar-refractivity contribution >= 4 is 25.4 Å². The van der Waals surface area contributed by atoms with E-state index in [1.807, 2.05) is 74.5 Å². The number of morpholine rings is 1. The second-order valence-corrected chi connectivity index (χ2v) is 11.0. The summed E-state index contributed by atoms with van der Waals surface area (Å²) < 4.78 is 13.6. The van der Waals surface area contributed by atoms with Crippen LogP contribution in [0.25, 0.3) is 22.5 Å². The smallest absolute Gasteiger partial charge is 0.475 e. The standard InChI is InChI=1S/C30H41BN4O5.ClH/c1-21(2)15-29(31(37)38)32-30(36)20-35-28(24-9-6-5-7-10-24)17-27(33-35)25-11-8-12-26(16-25)39-14-13-34-18-22(3)40-23(4)19-34;/h5-12,16-17,21-23,29,37-38H,13-15,18-20H2,1-4H3,(H,32,36);1H/t22?,23?,29-;/m0./s1. The van der Waals surface area contributed by atoms with Crippen LogP contribution in [0.5, 0.6) is 5.75 Å². The zero-order valence-electron chi connectivity index (χ0n) is 24.3. The van der Waals surface area contributed by atoms with Gasteiger partial charge in [0, 0.05) is 25.2 Å². The Labute approximate surface area is 249 Å². The molecule has 1 amide bonds. The fraction of sp³-hybridized carbons (Fsp3) is 0.467. The molecule has 222 valence electrons. The topological polar surface area (TPSA) is 109 Å². The third kappa shape index (κ3) is 9.58. The van der Waals surface area contributed by atoms with Crippen molar-refractivity contribution in [1.29, 1.82) is 0 Å². The number of aromatic nitrogens is 2. The number of rotatable bonds is 12. The van der Waals surface area contributed by atoms with Crippen LogP contribution in [-0.2, 0) is 16.1 Å². The van der Waals surface area contributed by atoms with Gasteiger partial charge in [-0.2, -0.15) is 5.10 Å². The summed E-state index contributed by atoms with van der Waals surface area (Å²) in [4.78, 5) is 15.3. The molecule has 0 spiro atoms. The maximum absolute atomic E-state index is 13.0. The van der Waals surface area contributed by atoms with E-state index in [0.29, 0.717) is 18.7 Å². The summed E-state index contributed by atoms with van der Waals surface area (Å²) >= 11 is 0. The summed E-state index contributed by atoms with van der Waals surface area (Å²) in [5, 5.41) is 27.0. The lowest BCUT2D eigenvalue weighted by atomic mass is 9.75. The van der Waals surface area contributed by atoms with E-state index in [-0.39, 0.29) is 43.0 Å². The van der Waals surface area contributed by atoms with Gasteiger partial charge in [-0.15, -0.1) is 12.4 Å². The number of carbonyl (C=O) groups is 1. The highest BCUT2D eigenvalue weighted by molar-refractivity contribution is 6.43. The van der Waals surface area contributed by atoms with E-state index >= 15 is 0 Å². The number of nitrogens with one attached hydrogen (secondary N) is 1. The largest absolute Gasteiger partial charge is 0.492 e. The lowest BCUT2D eigenvalue weighted by Crippen LogP contribution is -2.48. The summed E-state index contributed by atoms with van der Waals surface area (Å²) in [5.74, 6) is -0.137. The minimum atomic E-state index is -1.63. The minimum absolute atomic E-state index is 0. The van der Waals surface area contributed by atoms with Gasteiger partial charge in [0.1, 0.15) is 18.9 Å². The maximum Gasteiger partial charge on any atom is 0.475 e. The van der Waals surface area contributed by atoms with Crippen LogP contribution >= 0.6 is 12.4 Å². The van der Waals surface area contributed by atoms with Gasteiger partial charge in [-0.25, -0.2) is 0 Å². The molecular weight excluding hydrogens is 543 g/mol. The number of nitrogens with zero attached hydrogens (tertiary/aromatic N) is 3. The first-order valence-corrected chi connectivity index (χ1v) is 14.1. The molecule has 1 aromatic heterocycles. The monoisotopic (exact) mass is 584 g/mol. The molecule has 0 saturated carbocycles. The van der Waals surface area contributed by atoms with Crippen molar-refractivity contribution in [2.45, 2.75) is 58.8 Å². The van der Waals surface area contributed by atoms with E-state index < -0.39 is 13.1 Å². The molecule has 3 aromatic rings. The van der Waals surface area contributed by atoms with Crippen LogP contribution in [0.2, 0.25) is 0 Å². The molecule has 0 radical (unpaired) electrons. The van der Waals surface area contributed by atoms with Gasteiger partial charge in [-0.1, -0.05) is 56.3 Å². The lowest BCUT2D eigenvalue weighted by Gasteiger charge is -2.35. The van der Waals surface area contributed by atoms with Crippen LogP contribution in [0.1, 0.15) is 34.1 Å². The minimum Gasteiger partial charge on any atom is -0.492 e. The quantitative estimate of drug-likeness (QED) is 0.279. The molecule has 1 fully saturated rings. The van der Waals surface area contributed by atoms with Crippen LogP contribution in [0.3, 0.4) is 0 Å². The molecule has 0 aliphatic carbocycles. The van der Waals surface area contributed by atoms with Gasteiger partial charge in [-0.05, 0) is 49.9 Å². The molecular formula is C30H42BClN4O5. The molecule has 3 N–H and O–H groups in total. The van der Waals surface area contributed by atoms with Crippen LogP contribution in [-0.4, -0.2) is 82.1 Å². The normalized spacial score (nSPS) is 18.0. The first kappa shape index (κ1) is 32.6. The number of halogens is 1. The lowest BCUT2D eigenvalue weighted by molar-refractivity contribution is -0.122. The van der Waals surface area contributed by atoms with Crippen molar-refractivity contribution in [1.82, 2.24) is 20.0 Å². The summed E-state index contributed by atoms with van der Waals surface area (Å²) in [6.07, 6.45) is 0.895. The molecule has 9 nitrogen and oxygen atoms in total. The summed E-state index contributed by atoms with van der Waals surface area (Å²) in [6, 6.07) is 19.5. The molecule has 3 atom stereocenters. The molecule has 11 heteroatoms. The van der Waals surface area contributed by atoms with Crippen LogP contribution in [0.15, 0.2) is 60.7 Å². The van der Waals surface area contributed by atoms with Gasteiger partial charge in [0.15, 0.2) is 0 Å². The maximum atomic E-state index is 13.0. The Morgan fingerprint density at radius 1 is 1.07 bits per heavy atom. The van der Waals surface area contributed by atoms with E-state index in [4.69, 9.17) is 14.6 Å². The van der Waals surface area contributed by atoms with E-state index in [1.165, 1.54) is 0 Å². The second kappa shape index (κ2) is 15.4. The SMILES string of the molecule is CC(C)C[C@H](NC(=O)Cn1nc(-c2cccc(OCCN3CC(C)OC(C)C3)c2)cc1-c1ccccc1)B(O)O.Cl. The predicted molar refractivity (Wildman–Crippen MR) is 164 cm³/mol. The molecule has 2 heterocycles. The van der Waals surface area contributed by atoms with E-state index in [9.17, 15) is 14.8 Å². The Balaban J connectivity index is 0.00000462. The highest BCUT2D eigenvalue weighted by atomic mass is 35.5. The molecule has 1 aliphatic heterocycles. The second-order valence-electron chi connectivity index (χ2n) is 11.0. The summed E-state index contributed by atoms with van der Waals surface area (Å²) in [7, 11) is -1.63. The van der Waals surface area contributed by atoms with E-state index in [2.05, 4.69) is 24.1 Å². The highest BCUT2D eigenvalue weighted by Crippen LogP contribution is 2.28. The molecule has 2 aromatic carbocycles.